The van der Waals surface area contributed by atoms with Crippen LogP contribution in [-0.2, 0) is 5.75 Å². The highest BCUT2D eigenvalue weighted by Gasteiger charge is 2.08. The summed E-state index contributed by atoms with van der Waals surface area (Å²) in [7, 11) is 0. The first-order valence-electron chi connectivity index (χ1n) is 5.84. The van der Waals surface area contributed by atoms with Crippen molar-refractivity contribution in [1.82, 2.24) is 15.2 Å². The van der Waals surface area contributed by atoms with Gasteiger partial charge >= 0.3 is 0 Å². The number of aromatic nitrogens is 3. The normalized spacial score (nSPS) is 10.9. The quantitative estimate of drug-likeness (QED) is 0.683. The first-order valence-corrected chi connectivity index (χ1v) is 7.64. The average molecular weight is 307 g/mol. The van der Waals surface area contributed by atoms with Crippen LogP contribution in [0.15, 0.2) is 39.2 Å². The van der Waals surface area contributed by atoms with Gasteiger partial charge in [0, 0.05) is 5.56 Å². The van der Waals surface area contributed by atoms with Crippen molar-refractivity contribution in [2.45, 2.75) is 17.0 Å². The lowest BCUT2D eigenvalue weighted by Gasteiger charge is -1.95. The van der Waals surface area contributed by atoms with Crippen LogP contribution in [0.2, 0.25) is 0 Å². The van der Waals surface area contributed by atoms with Gasteiger partial charge in [-0.05, 0) is 31.2 Å². The molecule has 3 aromatic rings. The molecule has 4 nitrogen and oxygen atoms in total. The van der Waals surface area contributed by atoms with Crippen LogP contribution in [0.5, 0.6) is 0 Å². The fraction of sp³-hybridized carbons (Fsp3) is 0.154. The molecule has 0 radical (unpaired) electrons. The number of benzene rings is 1. The average Bonchev–Trinajstić information content (AvgIpc) is 3.06. The van der Waals surface area contributed by atoms with Crippen molar-refractivity contribution in [3.8, 4) is 11.3 Å². The SMILES string of the molecule is Cc1nnc(SCc2ncc(-c3ccc(F)cc3)o2)s1. The Morgan fingerprint density at radius 1 is 1.25 bits per heavy atom. The maximum absolute atomic E-state index is 12.9. The minimum Gasteiger partial charge on any atom is -0.440 e. The maximum Gasteiger partial charge on any atom is 0.205 e. The number of rotatable bonds is 4. The highest BCUT2D eigenvalue weighted by molar-refractivity contribution is 8.00. The summed E-state index contributed by atoms with van der Waals surface area (Å²) in [5, 5.41) is 8.91. The maximum atomic E-state index is 12.9. The van der Waals surface area contributed by atoms with Crippen LogP contribution < -0.4 is 0 Å². The molecule has 0 unspecified atom stereocenters. The number of thioether (sulfide) groups is 1. The van der Waals surface area contributed by atoms with Crippen molar-refractivity contribution in [3.05, 3.63) is 47.2 Å². The number of hydrogen-bond donors (Lipinski definition) is 0. The van der Waals surface area contributed by atoms with E-state index in [1.165, 1.54) is 23.9 Å². The van der Waals surface area contributed by atoms with E-state index in [1.807, 2.05) is 6.92 Å². The molecule has 2 aromatic heterocycles. The Balaban J connectivity index is 1.69. The summed E-state index contributed by atoms with van der Waals surface area (Å²) in [5.41, 5.74) is 0.807. The second kappa shape index (κ2) is 5.72. The van der Waals surface area contributed by atoms with E-state index in [4.69, 9.17) is 4.42 Å². The smallest absolute Gasteiger partial charge is 0.205 e. The summed E-state index contributed by atoms with van der Waals surface area (Å²) in [6, 6.07) is 6.13. The van der Waals surface area contributed by atoms with Crippen LogP contribution in [0.4, 0.5) is 4.39 Å². The zero-order valence-corrected chi connectivity index (χ0v) is 12.2. The molecule has 20 heavy (non-hydrogen) atoms. The zero-order chi connectivity index (χ0) is 13.9. The first-order chi connectivity index (χ1) is 9.70. The summed E-state index contributed by atoms with van der Waals surface area (Å²) >= 11 is 3.08. The molecule has 0 aliphatic rings. The minimum atomic E-state index is -0.268. The molecular formula is C13H10FN3OS2. The molecule has 0 atom stereocenters. The van der Waals surface area contributed by atoms with Crippen molar-refractivity contribution in [2.24, 2.45) is 0 Å². The third kappa shape index (κ3) is 3.05. The van der Waals surface area contributed by atoms with E-state index in [1.54, 1.807) is 29.7 Å². The van der Waals surface area contributed by atoms with Gasteiger partial charge in [0.1, 0.15) is 10.8 Å². The predicted octanol–water partition coefficient (Wildman–Crippen LogP) is 3.93. The molecule has 102 valence electrons. The summed E-state index contributed by atoms with van der Waals surface area (Å²) < 4.78 is 19.4. The predicted molar refractivity (Wildman–Crippen MR) is 76.1 cm³/mol. The van der Waals surface area contributed by atoms with Gasteiger partial charge in [-0.15, -0.1) is 10.2 Å². The minimum absolute atomic E-state index is 0.268. The molecule has 0 aliphatic heterocycles. The van der Waals surface area contributed by atoms with E-state index >= 15 is 0 Å². The fourth-order valence-electron chi connectivity index (χ4n) is 1.58. The van der Waals surface area contributed by atoms with Crippen LogP contribution in [0.3, 0.4) is 0 Å². The number of halogens is 1. The first kappa shape index (κ1) is 13.3. The molecule has 0 saturated heterocycles. The zero-order valence-electron chi connectivity index (χ0n) is 10.5. The lowest BCUT2D eigenvalue weighted by molar-refractivity contribution is 0.530. The van der Waals surface area contributed by atoms with Gasteiger partial charge in [0.2, 0.25) is 5.89 Å². The molecule has 0 amide bonds. The highest BCUT2D eigenvalue weighted by Crippen LogP contribution is 2.27. The topological polar surface area (TPSA) is 51.8 Å². The van der Waals surface area contributed by atoms with Gasteiger partial charge in [0.15, 0.2) is 10.1 Å². The molecule has 0 bridgehead atoms. The van der Waals surface area contributed by atoms with Gasteiger partial charge in [0.25, 0.3) is 0 Å². The second-order valence-corrected chi connectivity index (χ2v) is 6.40. The molecule has 1 aromatic carbocycles. The molecular weight excluding hydrogens is 297 g/mol. The Bertz CT molecular complexity index is 708. The van der Waals surface area contributed by atoms with Crippen molar-refractivity contribution in [2.75, 3.05) is 0 Å². The Morgan fingerprint density at radius 3 is 2.75 bits per heavy atom. The van der Waals surface area contributed by atoms with Crippen molar-refractivity contribution >= 4 is 23.1 Å². The van der Waals surface area contributed by atoms with Crippen LogP contribution in [0.25, 0.3) is 11.3 Å². The van der Waals surface area contributed by atoms with E-state index < -0.39 is 0 Å². The standard InChI is InChI=1S/C13H10FN3OS2/c1-8-16-17-13(20-8)19-7-12-15-6-11(18-12)9-2-4-10(14)5-3-9/h2-6H,7H2,1H3. The highest BCUT2D eigenvalue weighted by atomic mass is 32.2. The van der Waals surface area contributed by atoms with Crippen LogP contribution >= 0.6 is 23.1 Å². The van der Waals surface area contributed by atoms with E-state index in [2.05, 4.69) is 15.2 Å². The van der Waals surface area contributed by atoms with Gasteiger partial charge in [-0.1, -0.05) is 23.1 Å². The monoisotopic (exact) mass is 307 g/mol. The van der Waals surface area contributed by atoms with Crippen molar-refractivity contribution in [3.63, 3.8) is 0 Å². The summed E-state index contributed by atoms with van der Waals surface area (Å²) in [5.74, 6) is 1.57. The van der Waals surface area contributed by atoms with E-state index in [0.717, 1.165) is 14.9 Å². The molecule has 2 heterocycles. The Morgan fingerprint density at radius 2 is 2.05 bits per heavy atom. The van der Waals surface area contributed by atoms with Crippen molar-refractivity contribution < 1.29 is 8.81 Å². The van der Waals surface area contributed by atoms with Crippen LogP contribution in [-0.4, -0.2) is 15.2 Å². The third-order valence-electron chi connectivity index (χ3n) is 2.51. The Labute approximate surface area is 123 Å². The summed E-state index contributed by atoms with van der Waals surface area (Å²) in [6.45, 7) is 1.92. The molecule has 0 aliphatic carbocycles. The number of nitrogens with zero attached hydrogens (tertiary/aromatic N) is 3. The molecule has 7 heteroatoms. The van der Waals surface area contributed by atoms with Gasteiger partial charge < -0.3 is 4.42 Å². The van der Waals surface area contributed by atoms with Gasteiger partial charge in [-0.2, -0.15) is 0 Å². The van der Waals surface area contributed by atoms with E-state index in [0.29, 0.717) is 17.4 Å². The number of aryl methyl sites for hydroxylation is 1. The largest absolute Gasteiger partial charge is 0.440 e. The fourth-order valence-corrected chi connectivity index (χ4v) is 3.25. The summed E-state index contributed by atoms with van der Waals surface area (Å²) in [4.78, 5) is 4.21. The van der Waals surface area contributed by atoms with Crippen molar-refractivity contribution in [1.29, 1.82) is 0 Å². The van der Waals surface area contributed by atoms with Crippen LogP contribution in [0, 0.1) is 12.7 Å². The molecule has 0 spiro atoms. The third-order valence-corrected chi connectivity index (χ3v) is 4.47. The molecule has 3 rings (SSSR count). The molecule has 0 fully saturated rings. The molecule has 0 N–H and O–H groups in total. The van der Waals surface area contributed by atoms with Gasteiger partial charge in [-0.25, -0.2) is 9.37 Å². The van der Waals surface area contributed by atoms with Gasteiger partial charge in [-0.3, -0.25) is 0 Å². The number of hydrogen-bond acceptors (Lipinski definition) is 6. The van der Waals surface area contributed by atoms with Crippen LogP contribution in [0.1, 0.15) is 10.9 Å². The van der Waals surface area contributed by atoms with E-state index in [9.17, 15) is 4.39 Å². The Kier molecular flexibility index (Phi) is 3.79. The lowest BCUT2D eigenvalue weighted by Crippen LogP contribution is -1.79. The number of oxazole rings is 1. The van der Waals surface area contributed by atoms with E-state index in [-0.39, 0.29) is 5.82 Å². The Hall–Kier alpha value is -1.73. The molecule has 0 saturated carbocycles. The lowest BCUT2D eigenvalue weighted by atomic mass is 10.2. The summed E-state index contributed by atoms with van der Waals surface area (Å²) in [6.07, 6.45) is 1.65. The van der Waals surface area contributed by atoms with Gasteiger partial charge in [0.05, 0.1) is 11.9 Å². The second-order valence-electron chi connectivity index (χ2n) is 4.00.